The van der Waals surface area contributed by atoms with Crippen molar-refractivity contribution < 1.29 is 17.4 Å². The molecule has 0 bridgehead atoms. The molecule has 0 aliphatic heterocycles. The standard InChI is InChI=1S/C5H3F3N2OS/c1-12(11)2-3(6)9-5(8)10-4(2)7/h1H3. The van der Waals surface area contributed by atoms with Gasteiger partial charge in [0.1, 0.15) is 4.90 Å². The van der Waals surface area contributed by atoms with Crippen LogP contribution in [0.1, 0.15) is 0 Å². The van der Waals surface area contributed by atoms with E-state index in [1.807, 2.05) is 0 Å². The van der Waals surface area contributed by atoms with Gasteiger partial charge in [0.05, 0.1) is 10.8 Å². The Bertz CT molecular complexity index is 320. The van der Waals surface area contributed by atoms with Crippen LogP contribution in [0.25, 0.3) is 0 Å². The summed E-state index contributed by atoms with van der Waals surface area (Å²) in [5, 5.41) is 0. The maximum absolute atomic E-state index is 12.5. The van der Waals surface area contributed by atoms with Crippen molar-refractivity contribution in [1.29, 1.82) is 0 Å². The molecule has 0 fully saturated rings. The molecule has 66 valence electrons. The van der Waals surface area contributed by atoms with Crippen LogP contribution in [0.5, 0.6) is 0 Å². The van der Waals surface area contributed by atoms with E-state index in [2.05, 4.69) is 9.97 Å². The van der Waals surface area contributed by atoms with Gasteiger partial charge in [-0.2, -0.15) is 23.1 Å². The van der Waals surface area contributed by atoms with E-state index in [9.17, 15) is 17.4 Å². The van der Waals surface area contributed by atoms with E-state index in [0.717, 1.165) is 6.26 Å². The van der Waals surface area contributed by atoms with Crippen LogP contribution in [0.4, 0.5) is 13.2 Å². The number of nitrogens with zero attached hydrogens (tertiary/aromatic N) is 2. The highest BCUT2D eigenvalue weighted by Crippen LogP contribution is 2.11. The van der Waals surface area contributed by atoms with Crippen molar-refractivity contribution in [2.24, 2.45) is 0 Å². The molecule has 0 saturated heterocycles. The lowest BCUT2D eigenvalue weighted by Gasteiger charge is -1.97. The highest BCUT2D eigenvalue weighted by molar-refractivity contribution is 7.84. The summed E-state index contributed by atoms with van der Waals surface area (Å²) >= 11 is 0. The lowest BCUT2D eigenvalue weighted by atomic mass is 10.6. The first-order chi connectivity index (χ1) is 5.52. The fraction of sp³-hybridized carbons (Fsp3) is 0.200. The zero-order valence-corrected chi connectivity index (χ0v) is 6.66. The van der Waals surface area contributed by atoms with Gasteiger partial charge in [0.2, 0.25) is 11.9 Å². The van der Waals surface area contributed by atoms with Crippen molar-refractivity contribution in [2.45, 2.75) is 4.90 Å². The smallest absolute Gasteiger partial charge is 0.254 e. The Kier molecular flexibility index (Phi) is 2.41. The fourth-order valence-corrected chi connectivity index (χ4v) is 1.18. The van der Waals surface area contributed by atoms with Crippen LogP contribution < -0.4 is 0 Å². The van der Waals surface area contributed by atoms with Crippen molar-refractivity contribution in [1.82, 2.24) is 9.97 Å². The van der Waals surface area contributed by atoms with Crippen LogP contribution in [-0.2, 0) is 10.8 Å². The van der Waals surface area contributed by atoms with Gasteiger partial charge in [-0.1, -0.05) is 0 Å². The molecule has 0 spiro atoms. The summed E-state index contributed by atoms with van der Waals surface area (Å²) in [7, 11) is -1.90. The van der Waals surface area contributed by atoms with Gasteiger partial charge >= 0.3 is 6.08 Å². The molecular weight excluding hydrogens is 193 g/mol. The average molecular weight is 196 g/mol. The van der Waals surface area contributed by atoms with Gasteiger partial charge in [0, 0.05) is 6.26 Å². The van der Waals surface area contributed by atoms with Gasteiger partial charge < -0.3 is 0 Å². The summed E-state index contributed by atoms with van der Waals surface area (Å²) < 4.78 is 47.8. The van der Waals surface area contributed by atoms with Crippen LogP contribution in [-0.4, -0.2) is 20.4 Å². The van der Waals surface area contributed by atoms with Crippen LogP contribution in [0, 0.1) is 18.0 Å². The number of rotatable bonds is 1. The second-order valence-electron chi connectivity index (χ2n) is 1.86. The Hall–Kier alpha value is -0.980. The second-order valence-corrected chi connectivity index (χ2v) is 3.17. The molecule has 0 amide bonds. The normalized spacial score (nSPS) is 13.0. The molecule has 0 saturated carbocycles. The van der Waals surface area contributed by atoms with E-state index in [4.69, 9.17) is 0 Å². The Morgan fingerprint density at radius 3 is 1.92 bits per heavy atom. The number of halogens is 3. The zero-order valence-electron chi connectivity index (χ0n) is 5.84. The van der Waals surface area contributed by atoms with Gasteiger partial charge in [-0.25, -0.2) is 0 Å². The summed E-state index contributed by atoms with van der Waals surface area (Å²) in [6.07, 6.45) is -0.470. The monoisotopic (exact) mass is 196 g/mol. The Morgan fingerprint density at radius 1 is 1.17 bits per heavy atom. The predicted octanol–water partition coefficient (Wildman–Crippen LogP) is 0.631. The minimum absolute atomic E-state index is 0.809. The average Bonchev–Trinajstić information content (AvgIpc) is 1.82. The van der Waals surface area contributed by atoms with Gasteiger partial charge in [-0.3, -0.25) is 4.21 Å². The largest absolute Gasteiger partial charge is 0.314 e. The van der Waals surface area contributed by atoms with Gasteiger partial charge in [0.15, 0.2) is 0 Å². The topological polar surface area (TPSA) is 42.9 Å². The van der Waals surface area contributed by atoms with E-state index in [0.29, 0.717) is 0 Å². The Balaban J connectivity index is 3.38. The molecule has 1 atom stereocenters. The lowest BCUT2D eigenvalue weighted by molar-refractivity contribution is 0.410. The molecule has 12 heavy (non-hydrogen) atoms. The number of hydrogen-bond donors (Lipinski definition) is 0. The molecule has 0 aromatic carbocycles. The molecule has 1 unspecified atom stereocenters. The number of aromatic nitrogens is 2. The van der Waals surface area contributed by atoms with Crippen LogP contribution >= 0.6 is 0 Å². The third-order valence-corrected chi connectivity index (χ3v) is 1.95. The van der Waals surface area contributed by atoms with E-state index >= 15 is 0 Å². The highest BCUT2D eigenvalue weighted by atomic mass is 32.2. The van der Waals surface area contributed by atoms with E-state index in [-0.39, 0.29) is 0 Å². The Labute approximate surface area is 68.1 Å². The van der Waals surface area contributed by atoms with Gasteiger partial charge in [-0.15, -0.1) is 0 Å². The third kappa shape index (κ3) is 1.60. The summed E-state index contributed by atoms with van der Waals surface area (Å²) in [4.78, 5) is 4.35. The van der Waals surface area contributed by atoms with Crippen molar-refractivity contribution in [3.63, 3.8) is 0 Å². The fourth-order valence-electron chi connectivity index (χ4n) is 0.611. The minimum atomic E-state index is -1.90. The van der Waals surface area contributed by atoms with Crippen molar-refractivity contribution in [2.75, 3.05) is 6.26 Å². The minimum Gasteiger partial charge on any atom is -0.254 e. The SMILES string of the molecule is CS(=O)c1c(F)nc(F)nc1F. The molecule has 1 heterocycles. The summed E-state index contributed by atoms with van der Waals surface area (Å²) in [6.45, 7) is 0. The molecule has 0 aliphatic carbocycles. The zero-order chi connectivity index (χ0) is 9.30. The molecule has 1 aromatic rings. The predicted molar refractivity (Wildman–Crippen MR) is 34.2 cm³/mol. The lowest BCUT2D eigenvalue weighted by Crippen LogP contribution is -2.06. The van der Waals surface area contributed by atoms with Gasteiger partial charge in [0.25, 0.3) is 0 Å². The molecule has 0 radical (unpaired) electrons. The highest BCUT2D eigenvalue weighted by Gasteiger charge is 2.17. The molecule has 0 N–H and O–H groups in total. The molecule has 7 heteroatoms. The molecule has 3 nitrogen and oxygen atoms in total. The molecule has 1 aromatic heterocycles. The van der Waals surface area contributed by atoms with Crippen molar-refractivity contribution in [3.05, 3.63) is 18.0 Å². The van der Waals surface area contributed by atoms with Crippen LogP contribution in [0.3, 0.4) is 0 Å². The summed E-state index contributed by atoms with van der Waals surface area (Å²) in [5.41, 5.74) is 0. The van der Waals surface area contributed by atoms with Crippen molar-refractivity contribution in [3.8, 4) is 0 Å². The molecular formula is C5H3F3N2OS. The summed E-state index contributed by atoms with van der Waals surface area (Å²) in [6, 6.07) is 0. The van der Waals surface area contributed by atoms with Gasteiger partial charge in [-0.05, 0) is 0 Å². The first kappa shape index (κ1) is 9.11. The quantitative estimate of drug-likeness (QED) is 0.488. The third-order valence-electron chi connectivity index (χ3n) is 1.04. The molecule has 0 aliphatic rings. The van der Waals surface area contributed by atoms with Crippen LogP contribution in [0.2, 0.25) is 0 Å². The van der Waals surface area contributed by atoms with Crippen LogP contribution in [0.15, 0.2) is 4.90 Å². The summed E-state index contributed by atoms with van der Waals surface area (Å²) in [5.74, 6) is -2.86. The van der Waals surface area contributed by atoms with E-state index in [1.165, 1.54) is 0 Å². The first-order valence-corrected chi connectivity index (χ1v) is 4.30. The second kappa shape index (κ2) is 3.18. The molecule has 1 rings (SSSR count). The van der Waals surface area contributed by atoms with Crippen molar-refractivity contribution >= 4 is 10.8 Å². The Morgan fingerprint density at radius 2 is 1.58 bits per heavy atom. The number of hydrogen-bond acceptors (Lipinski definition) is 3. The van der Waals surface area contributed by atoms with E-state index < -0.39 is 33.7 Å². The first-order valence-electron chi connectivity index (χ1n) is 2.74. The van der Waals surface area contributed by atoms with E-state index in [1.54, 1.807) is 0 Å². The maximum atomic E-state index is 12.5. The maximum Gasteiger partial charge on any atom is 0.314 e.